The Balaban J connectivity index is 1.59. The minimum absolute atomic E-state index is 0.111. The van der Waals surface area contributed by atoms with Crippen molar-refractivity contribution in [3.63, 3.8) is 0 Å². The van der Waals surface area contributed by atoms with E-state index in [1.807, 2.05) is 40.1 Å². The first-order valence-electron chi connectivity index (χ1n) is 12.4. The molecule has 1 heterocycles. The molecule has 0 unspecified atom stereocenters. The quantitative estimate of drug-likeness (QED) is 0.526. The van der Waals surface area contributed by atoms with Crippen molar-refractivity contribution >= 4 is 11.8 Å². The van der Waals surface area contributed by atoms with Crippen molar-refractivity contribution in [2.24, 2.45) is 0 Å². The van der Waals surface area contributed by atoms with Gasteiger partial charge in [-0.15, -0.1) is 0 Å². The molecule has 0 aromatic heterocycles. The normalized spacial score (nSPS) is 14.5. The minimum Gasteiger partial charge on any atom is -0.339 e. The topological polar surface area (TPSA) is 43.9 Å². The highest BCUT2D eigenvalue weighted by Crippen LogP contribution is 2.20. The maximum Gasteiger partial charge on any atom is 0.253 e. The van der Waals surface area contributed by atoms with Gasteiger partial charge in [0.05, 0.1) is 6.54 Å². The fourth-order valence-corrected chi connectivity index (χ4v) is 4.62. The van der Waals surface area contributed by atoms with Crippen molar-refractivity contribution in [1.82, 2.24) is 14.7 Å². The summed E-state index contributed by atoms with van der Waals surface area (Å²) in [4.78, 5) is 32.4. The Hall–Kier alpha value is -2.66. The molecule has 1 saturated heterocycles. The molecule has 2 amide bonds. The lowest BCUT2D eigenvalue weighted by Gasteiger charge is -2.39. The van der Waals surface area contributed by atoms with Gasteiger partial charge in [-0.2, -0.15) is 0 Å². The zero-order chi connectivity index (χ0) is 23.6. The second kappa shape index (κ2) is 12.5. The minimum atomic E-state index is 0.111. The van der Waals surface area contributed by atoms with Crippen LogP contribution in [-0.2, 0) is 11.3 Å². The van der Waals surface area contributed by atoms with Gasteiger partial charge in [0.1, 0.15) is 0 Å². The van der Waals surface area contributed by atoms with E-state index in [0.29, 0.717) is 19.1 Å². The molecule has 1 aliphatic rings. The molecule has 1 aliphatic heterocycles. The third-order valence-corrected chi connectivity index (χ3v) is 6.48. The lowest BCUT2D eigenvalue weighted by Crippen LogP contribution is -2.50. The van der Waals surface area contributed by atoms with Gasteiger partial charge in [-0.05, 0) is 56.8 Å². The Morgan fingerprint density at radius 2 is 1.55 bits per heavy atom. The highest BCUT2D eigenvalue weighted by molar-refractivity contribution is 5.94. The van der Waals surface area contributed by atoms with Crippen LogP contribution in [0.2, 0.25) is 0 Å². The SMILES string of the molecule is CCCN(Cc1ccc(C)cc1)C(=O)CN(CCC)C1CCN(C(=O)c2ccccc2)CC1. The van der Waals surface area contributed by atoms with E-state index in [9.17, 15) is 9.59 Å². The summed E-state index contributed by atoms with van der Waals surface area (Å²) < 4.78 is 0. The Morgan fingerprint density at radius 1 is 0.909 bits per heavy atom. The third kappa shape index (κ3) is 7.16. The van der Waals surface area contributed by atoms with Crippen molar-refractivity contribution in [3.05, 3.63) is 71.3 Å². The number of benzene rings is 2. The fourth-order valence-electron chi connectivity index (χ4n) is 4.62. The maximum atomic E-state index is 13.3. The molecule has 5 heteroatoms. The van der Waals surface area contributed by atoms with Crippen molar-refractivity contribution in [3.8, 4) is 0 Å². The molecule has 0 saturated carbocycles. The molecule has 1 fully saturated rings. The summed E-state index contributed by atoms with van der Waals surface area (Å²) in [5.74, 6) is 0.313. The predicted molar refractivity (Wildman–Crippen MR) is 134 cm³/mol. The van der Waals surface area contributed by atoms with Gasteiger partial charge in [0.2, 0.25) is 5.91 Å². The van der Waals surface area contributed by atoms with Gasteiger partial charge in [-0.1, -0.05) is 61.9 Å². The van der Waals surface area contributed by atoms with Crippen molar-refractivity contribution in [2.45, 2.75) is 59.0 Å². The molecule has 0 bridgehead atoms. The highest BCUT2D eigenvalue weighted by Gasteiger charge is 2.29. The summed E-state index contributed by atoms with van der Waals surface area (Å²) in [6.07, 6.45) is 3.79. The van der Waals surface area contributed by atoms with Crippen LogP contribution in [0.1, 0.15) is 61.0 Å². The zero-order valence-electron chi connectivity index (χ0n) is 20.5. The number of amides is 2. The van der Waals surface area contributed by atoms with Crippen LogP contribution in [0.4, 0.5) is 0 Å². The van der Waals surface area contributed by atoms with Crippen LogP contribution in [-0.4, -0.2) is 65.3 Å². The highest BCUT2D eigenvalue weighted by atomic mass is 16.2. The summed E-state index contributed by atoms with van der Waals surface area (Å²) in [7, 11) is 0. The predicted octanol–water partition coefficient (Wildman–Crippen LogP) is 4.75. The van der Waals surface area contributed by atoms with Crippen molar-refractivity contribution in [1.29, 1.82) is 0 Å². The zero-order valence-corrected chi connectivity index (χ0v) is 20.5. The van der Waals surface area contributed by atoms with E-state index in [4.69, 9.17) is 0 Å². The molecular weight excluding hydrogens is 410 g/mol. The van der Waals surface area contributed by atoms with Crippen molar-refractivity contribution < 1.29 is 9.59 Å². The molecule has 0 radical (unpaired) electrons. The van der Waals surface area contributed by atoms with Crippen LogP contribution in [0, 0.1) is 6.92 Å². The van der Waals surface area contributed by atoms with Gasteiger partial charge in [-0.3, -0.25) is 14.5 Å². The van der Waals surface area contributed by atoms with Gasteiger partial charge >= 0.3 is 0 Å². The number of rotatable bonds is 10. The third-order valence-electron chi connectivity index (χ3n) is 6.48. The maximum absolute atomic E-state index is 13.3. The van der Waals surface area contributed by atoms with Crippen LogP contribution < -0.4 is 0 Å². The molecule has 5 nitrogen and oxygen atoms in total. The van der Waals surface area contributed by atoms with E-state index >= 15 is 0 Å². The van der Waals surface area contributed by atoms with Crippen molar-refractivity contribution in [2.75, 3.05) is 32.7 Å². The molecule has 2 aromatic rings. The Labute approximate surface area is 199 Å². The van der Waals surface area contributed by atoms with E-state index in [-0.39, 0.29) is 11.8 Å². The molecule has 2 aromatic carbocycles. The lowest BCUT2D eigenvalue weighted by molar-refractivity contribution is -0.134. The number of likely N-dealkylation sites (tertiary alicyclic amines) is 1. The second-order valence-electron chi connectivity index (χ2n) is 9.16. The van der Waals surface area contributed by atoms with Gasteiger partial charge in [0, 0.05) is 37.8 Å². The van der Waals surface area contributed by atoms with E-state index in [2.05, 4.69) is 49.9 Å². The standard InChI is InChI=1S/C28H39N3O2/c1-4-17-30(22-27(32)31(18-5-2)21-24-13-11-23(3)12-14-24)26-15-19-29(20-16-26)28(33)25-9-7-6-8-10-25/h6-14,26H,4-5,15-22H2,1-3H3. The first-order valence-corrected chi connectivity index (χ1v) is 12.4. The summed E-state index contributed by atoms with van der Waals surface area (Å²) in [5.41, 5.74) is 3.17. The van der Waals surface area contributed by atoms with Crippen LogP contribution in [0.25, 0.3) is 0 Å². The van der Waals surface area contributed by atoms with Gasteiger partial charge in [-0.25, -0.2) is 0 Å². The Kier molecular flexibility index (Phi) is 9.49. The fraction of sp³-hybridized carbons (Fsp3) is 0.500. The van der Waals surface area contributed by atoms with Crippen LogP contribution >= 0.6 is 0 Å². The van der Waals surface area contributed by atoms with E-state index in [1.165, 1.54) is 11.1 Å². The monoisotopic (exact) mass is 449 g/mol. The smallest absolute Gasteiger partial charge is 0.253 e. The molecule has 0 N–H and O–H groups in total. The van der Waals surface area contributed by atoms with E-state index < -0.39 is 0 Å². The van der Waals surface area contributed by atoms with Crippen LogP contribution in [0.3, 0.4) is 0 Å². The van der Waals surface area contributed by atoms with E-state index in [0.717, 1.165) is 57.4 Å². The average molecular weight is 450 g/mol. The summed E-state index contributed by atoms with van der Waals surface area (Å²) >= 11 is 0. The van der Waals surface area contributed by atoms with Crippen LogP contribution in [0.5, 0.6) is 0 Å². The van der Waals surface area contributed by atoms with Gasteiger partial charge in [0.25, 0.3) is 5.91 Å². The molecule has 3 rings (SSSR count). The molecule has 0 atom stereocenters. The number of hydrogen-bond donors (Lipinski definition) is 0. The molecule has 178 valence electrons. The van der Waals surface area contributed by atoms with Gasteiger partial charge < -0.3 is 9.80 Å². The molecular formula is C28H39N3O2. The first-order chi connectivity index (χ1) is 16.0. The number of carbonyl (C=O) groups excluding carboxylic acids is 2. The molecule has 0 spiro atoms. The number of piperidine rings is 1. The second-order valence-corrected chi connectivity index (χ2v) is 9.16. The molecule has 33 heavy (non-hydrogen) atoms. The van der Waals surface area contributed by atoms with E-state index in [1.54, 1.807) is 0 Å². The summed E-state index contributed by atoms with van der Waals surface area (Å²) in [5, 5.41) is 0. The number of carbonyl (C=O) groups is 2. The Morgan fingerprint density at radius 3 is 2.15 bits per heavy atom. The number of aryl methyl sites for hydroxylation is 1. The lowest BCUT2D eigenvalue weighted by atomic mass is 10.0. The van der Waals surface area contributed by atoms with Crippen LogP contribution in [0.15, 0.2) is 54.6 Å². The van der Waals surface area contributed by atoms with Gasteiger partial charge in [0.15, 0.2) is 0 Å². The Bertz CT molecular complexity index is 874. The largest absolute Gasteiger partial charge is 0.339 e. The summed E-state index contributed by atoms with van der Waals surface area (Å²) in [6, 6.07) is 18.3. The number of hydrogen-bond acceptors (Lipinski definition) is 3. The average Bonchev–Trinajstić information content (AvgIpc) is 2.85. The first kappa shape index (κ1) is 25.0. The molecule has 0 aliphatic carbocycles. The number of nitrogens with zero attached hydrogens (tertiary/aromatic N) is 3. The summed E-state index contributed by atoms with van der Waals surface area (Å²) in [6.45, 7) is 10.7.